The van der Waals surface area contributed by atoms with E-state index in [0.29, 0.717) is 15.5 Å². The summed E-state index contributed by atoms with van der Waals surface area (Å²) in [7, 11) is 0. The molecule has 1 fully saturated rings. The lowest BCUT2D eigenvalue weighted by Gasteiger charge is -2.39. The van der Waals surface area contributed by atoms with E-state index < -0.39 is 0 Å². The Labute approximate surface area is 122 Å². The molecule has 2 nitrogen and oxygen atoms in total. The van der Waals surface area contributed by atoms with Gasteiger partial charge in [-0.2, -0.15) is 0 Å². The minimum Gasteiger partial charge on any atom is -0.339 e. The molecule has 1 aromatic carbocycles. The number of rotatable bonds is 2. The first-order valence-electron chi connectivity index (χ1n) is 6.69. The molecule has 19 heavy (non-hydrogen) atoms. The fourth-order valence-corrected chi connectivity index (χ4v) is 2.79. The lowest BCUT2D eigenvalue weighted by molar-refractivity contribution is 0.0600. The lowest BCUT2D eigenvalue weighted by atomic mass is 9.78. The molecule has 1 aliphatic heterocycles. The van der Waals surface area contributed by atoms with Crippen molar-refractivity contribution < 1.29 is 9.18 Å². The predicted octanol–water partition coefficient (Wildman–Crippen LogP) is 4.24. The topological polar surface area (TPSA) is 20.3 Å². The Balaban J connectivity index is 2.07. The van der Waals surface area contributed by atoms with Crippen molar-refractivity contribution in [2.45, 2.75) is 33.1 Å². The smallest absolute Gasteiger partial charge is 0.253 e. The third kappa shape index (κ3) is 3.16. The van der Waals surface area contributed by atoms with E-state index in [1.807, 2.05) is 4.90 Å². The Bertz CT molecular complexity index is 481. The summed E-state index contributed by atoms with van der Waals surface area (Å²) in [6.45, 7) is 6.06. The molecule has 0 atom stereocenters. The number of likely N-dealkylation sites (tertiary alicyclic amines) is 1. The predicted molar refractivity (Wildman–Crippen MR) is 77.6 cm³/mol. The molecule has 0 radical (unpaired) electrons. The van der Waals surface area contributed by atoms with Gasteiger partial charge in [0.05, 0.1) is 4.47 Å². The van der Waals surface area contributed by atoms with Crippen molar-refractivity contribution >= 4 is 21.8 Å². The van der Waals surface area contributed by atoms with E-state index in [4.69, 9.17) is 0 Å². The summed E-state index contributed by atoms with van der Waals surface area (Å²) >= 11 is 3.12. The summed E-state index contributed by atoms with van der Waals surface area (Å²) in [4.78, 5) is 14.2. The molecule has 0 saturated carbocycles. The summed E-state index contributed by atoms with van der Waals surface area (Å²) in [5, 5.41) is 0. The quantitative estimate of drug-likeness (QED) is 0.795. The minimum absolute atomic E-state index is 0.00106. The van der Waals surface area contributed by atoms with Crippen molar-refractivity contribution in [3.8, 4) is 0 Å². The van der Waals surface area contributed by atoms with Crippen LogP contribution in [0.5, 0.6) is 0 Å². The number of amides is 1. The van der Waals surface area contributed by atoms with Crippen molar-refractivity contribution in [2.75, 3.05) is 13.1 Å². The van der Waals surface area contributed by atoms with Crippen LogP contribution in [0, 0.1) is 11.2 Å². The van der Waals surface area contributed by atoms with Crippen molar-refractivity contribution in [3.05, 3.63) is 34.1 Å². The second kappa shape index (κ2) is 5.61. The Morgan fingerprint density at radius 3 is 2.58 bits per heavy atom. The Morgan fingerprint density at radius 1 is 1.42 bits per heavy atom. The van der Waals surface area contributed by atoms with Crippen LogP contribution in [0.3, 0.4) is 0 Å². The summed E-state index contributed by atoms with van der Waals surface area (Å²) in [6, 6.07) is 4.44. The van der Waals surface area contributed by atoms with Crippen LogP contribution in [0.4, 0.5) is 4.39 Å². The standard InChI is InChI=1S/C15H19BrFNO/c1-3-15(2)6-8-18(9-7-15)14(19)11-4-5-13(17)12(16)10-11/h4-5,10H,3,6-9H2,1-2H3. The average molecular weight is 328 g/mol. The van der Waals surface area contributed by atoms with Gasteiger partial charge in [-0.1, -0.05) is 20.3 Å². The first-order valence-corrected chi connectivity index (χ1v) is 7.49. The number of carbonyl (C=O) groups excluding carboxylic acids is 1. The molecular formula is C15H19BrFNO. The molecule has 0 aromatic heterocycles. The number of hydrogen-bond donors (Lipinski definition) is 0. The number of nitrogens with zero attached hydrogens (tertiary/aromatic N) is 1. The van der Waals surface area contributed by atoms with E-state index >= 15 is 0 Å². The minimum atomic E-state index is -0.339. The fourth-order valence-electron chi connectivity index (χ4n) is 2.41. The summed E-state index contributed by atoms with van der Waals surface area (Å²) in [5.41, 5.74) is 0.911. The fraction of sp³-hybridized carbons (Fsp3) is 0.533. The number of hydrogen-bond acceptors (Lipinski definition) is 1. The third-order valence-corrected chi connectivity index (χ3v) is 4.89. The van der Waals surface area contributed by atoms with Crippen LogP contribution in [-0.4, -0.2) is 23.9 Å². The van der Waals surface area contributed by atoms with Gasteiger partial charge in [0, 0.05) is 18.7 Å². The SMILES string of the molecule is CCC1(C)CCN(C(=O)c2ccc(F)c(Br)c2)CC1. The molecule has 2 rings (SSSR count). The number of piperidine rings is 1. The van der Waals surface area contributed by atoms with Gasteiger partial charge in [-0.05, 0) is 52.4 Å². The Hall–Kier alpha value is -0.900. The van der Waals surface area contributed by atoms with Crippen LogP contribution in [0.2, 0.25) is 0 Å². The van der Waals surface area contributed by atoms with E-state index in [0.717, 1.165) is 32.4 Å². The zero-order chi connectivity index (χ0) is 14.0. The lowest BCUT2D eigenvalue weighted by Crippen LogP contribution is -2.41. The molecule has 0 aliphatic carbocycles. The second-order valence-electron chi connectivity index (χ2n) is 5.59. The molecule has 0 bridgehead atoms. The molecule has 1 amide bonds. The molecule has 4 heteroatoms. The normalized spacial score (nSPS) is 18.4. The van der Waals surface area contributed by atoms with Crippen molar-refractivity contribution in [3.63, 3.8) is 0 Å². The van der Waals surface area contributed by atoms with E-state index in [1.165, 1.54) is 6.07 Å². The maximum atomic E-state index is 13.2. The van der Waals surface area contributed by atoms with Gasteiger partial charge in [-0.3, -0.25) is 4.79 Å². The van der Waals surface area contributed by atoms with Crippen molar-refractivity contribution in [1.29, 1.82) is 0 Å². The van der Waals surface area contributed by atoms with E-state index in [-0.39, 0.29) is 11.7 Å². The molecular weight excluding hydrogens is 309 g/mol. The highest BCUT2D eigenvalue weighted by Gasteiger charge is 2.30. The Morgan fingerprint density at radius 2 is 2.05 bits per heavy atom. The molecule has 1 aliphatic rings. The highest BCUT2D eigenvalue weighted by atomic mass is 79.9. The first-order chi connectivity index (χ1) is 8.95. The maximum absolute atomic E-state index is 13.2. The first kappa shape index (κ1) is 14.5. The van der Waals surface area contributed by atoms with Crippen LogP contribution >= 0.6 is 15.9 Å². The zero-order valence-corrected chi connectivity index (χ0v) is 13.0. The van der Waals surface area contributed by atoms with E-state index in [2.05, 4.69) is 29.8 Å². The van der Waals surface area contributed by atoms with E-state index in [1.54, 1.807) is 12.1 Å². The van der Waals surface area contributed by atoms with Gasteiger partial charge in [-0.15, -0.1) is 0 Å². The molecule has 0 unspecified atom stereocenters. The van der Waals surface area contributed by atoms with Gasteiger partial charge in [0.1, 0.15) is 5.82 Å². The van der Waals surface area contributed by atoms with Crippen LogP contribution in [0.1, 0.15) is 43.5 Å². The van der Waals surface area contributed by atoms with Crippen LogP contribution in [0.15, 0.2) is 22.7 Å². The van der Waals surface area contributed by atoms with Gasteiger partial charge in [0.15, 0.2) is 0 Å². The van der Waals surface area contributed by atoms with Crippen LogP contribution < -0.4 is 0 Å². The molecule has 0 N–H and O–H groups in total. The summed E-state index contributed by atoms with van der Waals surface area (Å²) < 4.78 is 13.5. The van der Waals surface area contributed by atoms with Crippen LogP contribution in [-0.2, 0) is 0 Å². The number of benzene rings is 1. The largest absolute Gasteiger partial charge is 0.339 e. The number of carbonyl (C=O) groups is 1. The molecule has 1 saturated heterocycles. The van der Waals surface area contributed by atoms with Gasteiger partial charge in [0.2, 0.25) is 0 Å². The van der Waals surface area contributed by atoms with Crippen LogP contribution in [0.25, 0.3) is 0 Å². The number of halogens is 2. The summed E-state index contributed by atoms with van der Waals surface area (Å²) in [5.74, 6) is -0.340. The van der Waals surface area contributed by atoms with Crippen molar-refractivity contribution in [1.82, 2.24) is 4.90 Å². The summed E-state index contributed by atoms with van der Waals surface area (Å²) in [6.07, 6.45) is 3.23. The molecule has 1 heterocycles. The zero-order valence-electron chi connectivity index (χ0n) is 11.4. The monoisotopic (exact) mass is 327 g/mol. The van der Waals surface area contributed by atoms with Crippen molar-refractivity contribution in [2.24, 2.45) is 5.41 Å². The Kier molecular flexibility index (Phi) is 4.29. The highest BCUT2D eigenvalue weighted by molar-refractivity contribution is 9.10. The third-order valence-electron chi connectivity index (χ3n) is 4.28. The molecule has 104 valence electrons. The molecule has 1 aromatic rings. The van der Waals surface area contributed by atoms with Gasteiger partial charge in [0.25, 0.3) is 5.91 Å². The van der Waals surface area contributed by atoms with Gasteiger partial charge >= 0.3 is 0 Å². The van der Waals surface area contributed by atoms with Gasteiger partial charge < -0.3 is 4.90 Å². The second-order valence-corrected chi connectivity index (χ2v) is 6.44. The van der Waals surface area contributed by atoms with Gasteiger partial charge in [-0.25, -0.2) is 4.39 Å². The highest BCUT2D eigenvalue weighted by Crippen LogP contribution is 2.34. The maximum Gasteiger partial charge on any atom is 0.253 e. The average Bonchev–Trinajstić information content (AvgIpc) is 2.42. The molecule has 0 spiro atoms. The van der Waals surface area contributed by atoms with E-state index in [9.17, 15) is 9.18 Å².